The summed E-state index contributed by atoms with van der Waals surface area (Å²) in [7, 11) is 1.98. The Kier molecular flexibility index (Phi) is 7.25. The van der Waals surface area contributed by atoms with E-state index in [1.165, 1.54) is 0 Å². The van der Waals surface area contributed by atoms with Crippen molar-refractivity contribution in [3.8, 4) is 22.8 Å². The average Bonchev–Trinajstić information content (AvgIpc) is 3.58. The number of nitrogen functional groups attached to an aromatic ring is 1. The second-order valence-electron chi connectivity index (χ2n) is 12.1. The number of anilines is 2. The summed E-state index contributed by atoms with van der Waals surface area (Å²) in [5, 5.41) is 4.60. The van der Waals surface area contributed by atoms with Gasteiger partial charge in [0.2, 0.25) is 0 Å². The van der Waals surface area contributed by atoms with E-state index in [4.69, 9.17) is 25.2 Å². The zero-order chi connectivity index (χ0) is 29.6. The number of nitrogens with two attached hydrogens (primary N) is 1. The molecule has 0 spiro atoms. The van der Waals surface area contributed by atoms with Gasteiger partial charge in [-0.25, -0.2) is 19.7 Å². The fourth-order valence-corrected chi connectivity index (χ4v) is 5.81. The highest BCUT2D eigenvalue weighted by Crippen LogP contribution is 2.34. The quantitative estimate of drug-likeness (QED) is 0.380. The summed E-state index contributed by atoms with van der Waals surface area (Å²) >= 11 is 0. The molecule has 0 aliphatic carbocycles. The molecule has 2 aliphatic heterocycles. The molecule has 5 heterocycles. The van der Waals surface area contributed by atoms with Gasteiger partial charge in [0, 0.05) is 57.7 Å². The molecule has 1 amide bonds. The van der Waals surface area contributed by atoms with Gasteiger partial charge in [0.1, 0.15) is 11.3 Å². The number of nitrogens with zero attached hydrogens (tertiary/aromatic N) is 8. The van der Waals surface area contributed by atoms with E-state index in [9.17, 15) is 4.79 Å². The first kappa shape index (κ1) is 28.0. The number of carbonyl (C=O) groups excluding carboxylic acids is 1. The number of para-hydroxylation sites is 1. The third-order valence-electron chi connectivity index (χ3n) is 7.94. The number of aromatic nitrogens is 6. The van der Waals surface area contributed by atoms with Gasteiger partial charge < -0.3 is 29.6 Å². The first-order chi connectivity index (χ1) is 20.1. The monoisotopic (exact) mass is 573 g/mol. The fraction of sp³-hybridized carbons (Fsp3) is 0.500. The lowest BCUT2D eigenvalue weighted by Crippen LogP contribution is -2.55. The molecular formula is C30H39N9O3. The van der Waals surface area contributed by atoms with E-state index in [0.717, 1.165) is 48.3 Å². The highest BCUT2D eigenvalue weighted by Gasteiger charge is 2.32. The summed E-state index contributed by atoms with van der Waals surface area (Å²) in [6.45, 7) is 11.1. The first-order valence-electron chi connectivity index (χ1n) is 14.5. The van der Waals surface area contributed by atoms with Crippen LogP contribution in [0.2, 0.25) is 0 Å². The van der Waals surface area contributed by atoms with Gasteiger partial charge in [-0.15, -0.1) is 0 Å². The predicted octanol–water partition coefficient (Wildman–Crippen LogP) is 4.27. The Hall–Kier alpha value is -4.19. The number of aryl methyl sites for hydroxylation is 1. The van der Waals surface area contributed by atoms with E-state index in [0.29, 0.717) is 48.7 Å². The van der Waals surface area contributed by atoms with Crippen LogP contribution in [-0.4, -0.2) is 84.8 Å². The number of hydrogen-bond donors (Lipinski definition) is 1. The number of ether oxygens (including phenoxy) is 2. The van der Waals surface area contributed by atoms with Gasteiger partial charge in [-0.05, 0) is 52.7 Å². The lowest BCUT2D eigenvalue weighted by Gasteiger charge is -2.41. The minimum absolute atomic E-state index is 0.0169. The molecule has 222 valence electrons. The van der Waals surface area contributed by atoms with Crippen LogP contribution < -0.4 is 10.6 Å². The second kappa shape index (κ2) is 10.9. The molecule has 2 N–H and O–H groups in total. The Balaban J connectivity index is 1.29. The van der Waals surface area contributed by atoms with Gasteiger partial charge >= 0.3 is 6.09 Å². The molecule has 1 aromatic carbocycles. The summed E-state index contributed by atoms with van der Waals surface area (Å²) in [5.41, 5.74) is 10.8. The standard InChI is InChI=1S/C30H39N9O3/c1-19-17-37(11-12-38(19)29(40)42-30(2,3)4)24-8-6-7-22-26(24)36(5)28(35-22)25-27(31)32-16-23(34-25)20-15-33-39(18-20)21-9-13-41-14-10-21/h6-8,15-16,18-19,21H,9-14,17H2,1-5H3,(H2,31,32)/t19-/m0/s1. The van der Waals surface area contributed by atoms with Crippen molar-refractivity contribution in [1.29, 1.82) is 0 Å². The summed E-state index contributed by atoms with van der Waals surface area (Å²) in [6, 6.07) is 6.40. The smallest absolute Gasteiger partial charge is 0.410 e. The summed E-state index contributed by atoms with van der Waals surface area (Å²) < 4.78 is 15.2. The largest absolute Gasteiger partial charge is 0.444 e. The minimum atomic E-state index is -0.530. The number of imidazole rings is 1. The van der Waals surface area contributed by atoms with Crippen LogP contribution in [-0.2, 0) is 16.5 Å². The molecule has 2 saturated heterocycles. The molecule has 12 heteroatoms. The van der Waals surface area contributed by atoms with E-state index in [-0.39, 0.29) is 12.1 Å². The highest BCUT2D eigenvalue weighted by molar-refractivity contribution is 5.92. The Morgan fingerprint density at radius 1 is 1.12 bits per heavy atom. The fourth-order valence-electron chi connectivity index (χ4n) is 5.81. The van der Waals surface area contributed by atoms with Crippen LogP contribution >= 0.6 is 0 Å². The maximum atomic E-state index is 12.8. The van der Waals surface area contributed by atoms with Crippen molar-refractivity contribution in [2.75, 3.05) is 43.5 Å². The molecule has 6 rings (SSSR count). The van der Waals surface area contributed by atoms with Crippen LogP contribution in [0.5, 0.6) is 0 Å². The van der Waals surface area contributed by atoms with Gasteiger partial charge in [-0.2, -0.15) is 5.10 Å². The number of piperazine rings is 1. The van der Waals surface area contributed by atoms with Crippen molar-refractivity contribution in [1.82, 2.24) is 34.2 Å². The second-order valence-corrected chi connectivity index (χ2v) is 12.1. The van der Waals surface area contributed by atoms with Crippen molar-refractivity contribution < 1.29 is 14.3 Å². The van der Waals surface area contributed by atoms with E-state index in [1.54, 1.807) is 6.20 Å². The van der Waals surface area contributed by atoms with Crippen LogP contribution in [0.15, 0.2) is 36.8 Å². The Morgan fingerprint density at radius 2 is 1.90 bits per heavy atom. The minimum Gasteiger partial charge on any atom is -0.444 e. The highest BCUT2D eigenvalue weighted by atomic mass is 16.6. The van der Waals surface area contributed by atoms with E-state index in [1.807, 2.05) is 66.5 Å². The van der Waals surface area contributed by atoms with Gasteiger partial charge in [0.05, 0.1) is 40.9 Å². The van der Waals surface area contributed by atoms with Crippen LogP contribution in [0.3, 0.4) is 0 Å². The molecule has 3 aromatic heterocycles. The Bertz CT molecular complexity index is 1600. The van der Waals surface area contributed by atoms with Crippen LogP contribution in [0.25, 0.3) is 33.8 Å². The molecule has 1 atom stereocenters. The van der Waals surface area contributed by atoms with Gasteiger partial charge in [-0.3, -0.25) is 4.68 Å². The average molecular weight is 574 g/mol. The third kappa shape index (κ3) is 5.38. The number of hydrogen-bond acceptors (Lipinski definition) is 9. The van der Waals surface area contributed by atoms with E-state index in [2.05, 4.69) is 28.0 Å². The molecule has 4 aromatic rings. The molecule has 42 heavy (non-hydrogen) atoms. The van der Waals surface area contributed by atoms with Crippen molar-refractivity contribution in [3.63, 3.8) is 0 Å². The van der Waals surface area contributed by atoms with Gasteiger partial charge in [0.25, 0.3) is 0 Å². The van der Waals surface area contributed by atoms with Crippen LogP contribution in [0, 0.1) is 0 Å². The maximum Gasteiger partial charge on any atom is 0.410 e. The number of carbonyl (C=O) groups is 1. The molecular weight excluding hydrogens is 534 g/mol. The summed E-state index contributed by atoms with van der Waals surface area (Å²) in [4.78, 5) is 31.2. The molecule has 2 fully saturated rings. The van der Waals surface area contributed by atoms with E-state index >= 15 is 0 Å². The topological polar surface area (TPSA) is 129 Å². The number of rotatable bonds is 4. The molecule has 2 aliphatic rings. The summed E-state index contributed by atoms with van der Waals surface area (Å²) in [5.74, 6) is 0.955. The number of fused-ring (bicyclic) bond motifs is 1. The number of amides is 1. The van der Waals surface area contributed by atoms with Crippen LogP contribution in [0.4, 0.5) is 16.3 Å². The van der Waals surface area contributed by atoms with Crippen molar-refractivity contribution in [2.45, 2.75) is 58.2 Å². The van der Waals surface area contributed by atoms with E-state index < -0.39 is 5.60 Å². The summed E-state index contributed by atoms with van der Waals surface area (Å²) in [6.07, 6.45) is 7.13. The molecule has 0 saturated carbocycles. The maximum absolute atomic E-state index is 12.8. The SMILES string of the molecule is C[C@H]1CN(c2cccc3nc(-c4nc(-c5cnn(C6CCOCC6)c5)cnc4N)n(C)c23)CCN1C(=O)OC(C)(C)C. The molecule has 0 unspecified atom stereocenters. The molecule has 0 radical (unpaired) electrons. The van der Waals surface area contributed by atoms with Gasteiger partial charge in [-0.1, -0.05) is 6.07 Å². The van der Waals surface area contributed by atoms with Crippen LogP contribution in [0.1, 0.15) is 46.6 Å². The Labute approximate surface area is 245 Å². The molecule has 0 bridgehead atoms. The predicted molar refractivity (Wildman–Crippen MR) is 161 cm³/mol. The zero-order valence-electron chi connectivity index (χ0n) is 24.9. The zero-order valence-corrected chi connectivity index (χ0v) is 24.9. The van der Waals surface area contributed by atoms with Crippen molar-refractivity contribution in [2.24, 2.45) is 7.05 Å². The van der Waals surface area contributed by atoms with Gasteiger partial charge in [0.15, 0.2) is 11.6 Å². The van der Waals surface area contributed by atoms with Crippen molar-refractivity contribution in [3.05, 3.63) is 36.8 Å². The Morgan fingerprint density at radius 3 is 2.64 bits per heavy atom. The first-order valence-corrected chi connectivity index (χ1v) is 14.5. The molecule has 12 nitrogen and oxygen atoms in total. The third-order valence-corrected chi connectivity index (χ3v) is 7.94. The normalized spacial score (nSPS) is 18.5. The number of benzene rings is 1. The lowest BCUT2D eigenvalue weighted by molar-refractivity contribution is 0.0159. The van der Waals surface area contributed by atoms with Crippen molar-refractivity contribution >= 4 is 28.6 Å². The lowest BCUT2D eigenvalue weighted by atomic mass is 10.1.